The summed E-state index contributed by atoms with van der Waals surface area (Å²) >= 11 is 4.53. The second-order valence-corrected chi connectivity index (χ2v) is 7.54. The highest BCUT2D eigenvalue weighted by Gasteiger charge is 2.22. The number of carbonyl (C=O) groups is 1. The molecule has 22 heavy (non-hydrogen) atoms. The number of hydrogen-bond donors (Lipinski definition) is 0. The van der Waals surface area contributed by atoms with Crippen LogP contribution in [0.1, 0.15) is 32.0 Å². The summed E-state index contributed by atoms with van der Waals surface area (Å²) < 4.78 is 3.94. The van der Waals surface area contributed by atoms with E-state index in [0.717, 1.165) is 12.1 Å². The SMILES string of the molecule is CCc1nnsc1C(=O)N(Cc1cccs1)Cc1cccs1. The summed E-state index contributed by atoms with van der Waals surface area (Å²) in [6.07, 6.45) is 0.726. The highest BCUT2D eigenvalue weighted by atomic mass is 32.1. The van der Waals surface area contributed by atoms with Gasteiger partial charge in [-0.15, -0.1) is 27.8 Å². The van der Waals surface area contributed by atoms with Crippen molar-refractivity contribution in [2.45, 2.75) is 26.4 Å². The van der Waals surface area contributed by atoms with E-state index in [2.05, 4.69) is 21.7 Å². The number of nitrogens with zero attached hydrogens (tertiary/aromatic N) is 3. The molecule has 0 aliphatic heterocycles. The van der Waals surface area contributed by atoms with Gasteiger partial charge in [-0.1, -0.05) is 23.5 Å². The molecule has 1 amide bonds. The first-order chi connectivity index (χ1) is 10.8. The summed E-state index contributed by atoms with van der Waals surface area (Å²) in [7, 11) is 0. The molecule has 0 N–H and O–H groups in total. The van der Waals surface area contributed by atoms with E-state index >= 15 is 0 Å². The lowest BCUT2D eigenvalue weighted by Gasteiger charge is -2.21. The monoisotopic (exact) mass is 349 g/mol. The molecule has 0 aromatic carbocycles. The summed E-state index contributed by atoms with van der Waals surface area (Å²) in [5.74, 6) is 0.0219. The maximum absolute atomic E-state index is 12.9. The van der Waals surface area contributed by atoms with Gasteiger partial charge in [-0.2, -0.15) is 0 Å². The van der Waals surface area contributed by atoms with Crippen molar-refractivity contribution in [3.63, 3.8) is 0 Å². The van der Waals surface area contributed by atoms with E-state index in [1.54, 1.807) is 22.7 Å². The van der Waals surface area contributed by atoms with E-state index in [-0.39, 0.29) is 5.91 Å². The molecule has 114 valence electrons. The van der Waals surface area contributed by atoms with Gasteiger partial charge < -0.3 is 4.90 Å². The maximum atomic E-state index is 12.9. The van der Waals surface area contributed by atoms with Crippen LogP contribution in [0, 0.1) is 0 Å². The topological polar surface area (TPSA) is 46.1 Å². The van der Waals surface area contributed by atoms with Crippen LogP contribution in [0.15, 0.2) is 35.0 Å². The lowest BCUT2D eigenvalue weighted by Crippen LogP contribution is -2.29. The van der Waals surface area contributed by atoms with Gasteiger partial charge in [0, 0.05) is 9.75 Å². The molecule has 0 spiro atoms. The van der Waals surface area contributed by atoms with Gasteiger partial charge in [0.05, 0.1) is 18.8 Å². The van der Waals surface area contributed by atoms with E-state index in [0.29, 0.717) is 18.0 Å². The number of aromatic nitrogens is 2. The van der Waals surface area contributed by atoms with E-state index in [9.17, 15) is 4.79 Å². The molecule has 3 aromatic heterocycles. The molecule has 0 saturated carbocycles. The fourth-order valence-electron chi connectivity index (χ4n) is 2.13. The molecule has 0 aliphatic carbocycles. The summed E-state index contributed by atoms with van der Waals surface area (Å²) in [5.41, 5.74) is 0.789. The van der Waals surface area contributed by atoms with Crippen LogP contribution in [0.3, 0.4) is 0 Å². The molecule has 0 fully saturated rings. The third-order valence-electron chi connectivity index (χ3n) is 3.23. The summed E-state index contributed by atoms with van der Waals surface area (Å²) in [5, 5.41) is 8.13. The van der Waals surface area contributed by atoms with E-state index in [1.165, 1.54) is 21.3 Å². The van der Waals surface area contributed by atoms with Crippen LogP contribution >= 0.6 is 34.2 Å². The number of carbonyl (C=O) groups excluding carboxylic acids is 1. The molecule has 3 rings (SSSR count). The Bertz CT molecular complexity index is 683. The molecule has 0 bridgehead atoms. The first-order valence-corrected chi connectivity index (χ1v) is 9.46. The van der Waals surface area contributed by atoms with Gasteiger partial charge in [0.2, 0.25) is 0 Å². The molecule has 0 aliphatic rings. The van der Waals surface area contributed by atoms with E-state index < -0.39 is 0 Å². The van der Waals surface area contributed by atoms with Gasteiger partial charge in [0.25, 0.3) is 5.91 Å². The lowest BCUT2D eigenvalue weighted by molar-refractivity contribution is 0.0737. The van der Waals surface area contributed by atoms with Gasteiger partial charge >= 0.3 is 0 Å². The van der Waals surface area contributed by atoms with Crippen molar-refractivity contribution >= 4 is 40.1 Å². The van der Waals surface area contributed by atoms with Crippen molar-refractivity contribution in [1.82, 2.24) is 14.5 Å². The third kappa shape index (κ3) is 3.43. The van der Waals surface area contributed by atoms with Crippen LogP contribution in [0.25, 0.3) is 0 Å². The van der Waals surface area contributed by atoms with Crippen molar-refractivity contribution in [3.8, 4) is 0 Å². The normalized spacial score (nSPS) is 10.8. The number of hydrogen-bond acceptors (Lipinski definition) is 6. The number of aryl methyl sites for hydroxylation is 1. The molecule has 7 heteroatoms. The zero-order valence-corrected chi connectivity index (χ0v) is 14.5. The summed E-state index contributed by atoms with van der Waals surface area (Å²) in [4.78, 5) is 17.8. The second-order valence-electron chi connectivity index (χ2n) is 4.72. The first kappa shape index (κ1) is 15.3. The third-order valence-corrected chi connectivity index (χ3v) is 5.70. The van der Waals surface area contributed by atoms with Crippen LogP contribution in [0.5, 0.6) is 0 Å². The smallest absolute Gasteiger partial charge is 0.268 e. The minimum absolute atomic E-state index is 0.0219. The fraction of sp³-hybridized carbons (Fsp3) is 0.267. The Kier molecular flexibility index (Phi) is 4.97. The average molecular weight is 350 g/mol. The fourth-order valence-corrected chi connectivity index (χ4v) is 4.28. The van der Waals surface area contributed by atoms with E-state index in [4.69, 9.17) is 0 Å². The average Bonchev–Trinajstić information content (AvgIpc) is 3.27. The van der Waals surface area contributed by atoms with Crippen molar-refractivity contribution in [2.75, 3.05) is 0 Å². The van der Waals surface area contributed by atoms with Crippen LogP contribution in [0.4, 0.5) is 0 Å². The first-order valence-electron chi connectivity index (χ1n) is 6.93. The number of thiophene rings is 2. The van der Waals surface area contributed by atoms with Crippen molar-refractivity contribution in [1.29, 1.82) is 0 Å². The van der Waals surface area contributed by atoms with Crippen LogP contribution < -0.4 is 0 Å². The van der Waals surface area contributed by atoms with Crippen LogP contribution in [-0.2, 0) is 19.5 Å². The molecule has 0 saturated heterocycles. The molecular formula is C15H15N3OS3. The highest BCUT2D eigenvalue weighted by Crippen LogP contribution is 2.21. The van der Waals surface area contributed by atoms with E-state index in [1.807, 2.05) is 34.7 Å². The molecule has 3 heterocycles. The minimum Gasteiger partial charge on any atom is -0.328 e. The Labute approximate surface area is 141 Å². The predicted octanol–water partition coefficient (Wildman–Crippen LogP) is 4.07. The van der Waals surface area contributed by atoms with Gasteiger partial charge in [-0.25, -0.2) is 0 Å². The summed E-state index contributed by atoms with van der Waals surface area (Å²) in [6, 6.07) is 8.15. The Morgan fingerprint density at radius 2 is 1.77 bits per heavy atom. The van der Waals surface area contributed by atoms with Gasteiger partial charge in [-0.05, 0) is 40.8 Å². The second kappa shape index (κ2) is 7.13. The van der Waals surface area contributed by atoms with Crippen LogP contribution in [-0.4, -0.2) is 20.4 Å². The van der Waals surface area contributed by atoms with Gasteiger partial charge in [0.15, 0.2) is 0 Å². The van der Waals surface area contributed by atoms with Crippen molar-refractivity contribution in [3.05, 3.63) is 55.4 Å². The number of rotatable bonds is 6. The Morgan fingerprint density at radius 3 is 2.27 bits per heavy atom. The zero-order chi connectivity index (χ0) is 15.4. The largest absolute Gasteiger partial charge is 0.328 e. The summed E-state index contributed by atoms with van der Waals surface area (Å²) in [6.45, 7) is 3.24. The van der Waals surface area contributed by atoms with Crippen molar-refractivity contribution in [2.24, 2.45) is 0 Å². The van der Waals surface area contributed by atoms with Crippen LogP contribution in [0.2, 0.25) is 0 Å². The molecular weight excluding hydrogens is 334 g/mol. The minimum atomic E-state index is 0.0219. The molecule has 3 aromatic rings. The molecule has 0 atom stereocenters. The highest BCUT2D eigenvalue weighted by molar-refractivity contribution is 7.10. The molecule has 0 radical (unpaired) electrons. The van der Waals surface area contributed by atoms with Gasteiger partial charge in [-0.3, -0.25) is 4.79 Å². The lowest BCUT2D eigenvalue weighted by atomic mass is 10.2. The maximum Gasteiger partial charge on any atom is 0.268 e. The predicted molar refractivity (Wildman–Crippen MR) is 91.5 cm³/mol. The molecule has 0 unspecified atom stereocenters. The van der Waals surface area contributed by atoms with Crippen molar-refractivity contribution < 1.29 is 4.79 Å². The zero-order valence-electron chi connectivity index (χ0n) is 12.1. The molecule has 4 nitrogen and oxygen atoms in total. The number of amides is 1. The van der Waals surface area contributed by atoms with Gasteiger partial charge in [0.1, 0.15) is 4.88 Å². The Hall–Kier alpha value is -1.57. The Balaban J connectivity index is 1.85. The standard InChI is InChI=1S/C15H15N3OS3/c1-2-13-14(22-17-16-13)15(19)18(9-11-5-3-7-20-11)10-12-6-4-8-21-12/h3-8H,2,9-10H2,1H3. The quantitative estimate of drug-likeness (QED) is 0.674. The Morgan fingerprint density at radius 1 is 1.14 bits per heavy atom.